The molecule has 0 radical (unpaired) electrons. The van der Waals surface area contributed by atoms with Crippen molar-refractivity contribution in [3.63, 3.8) is 0 Å². The molecule has 0 fully saturated rings. The summed E-state index contributed by atoms with van der Waals surface area (Å²) in [6.45, 7) is 1.60. The molecule has 0 saturated heterocycles. The van der Waals surface area contributed by atoms with E-state index in [1.807, 2.05) is 36.4 Å². The van der Waals surface area contributed by atoms with Crippen LogP contribution in [-0.4, -0.2) is 15.9 Å². The van der Waals surface area contributed by atoms with E-state index in [1.54, 1.807) is 19.1 Å². The van der Waals surface area contributed by atoms with E-state index < -0.39 is 5.63 Å². The first-order valence-electron chi connectivity index (χ1n) is 8.58. The van der Waals surface area contributed by atoms with Crippen LogP contribution in [0.15, 0.2) is 68.8 Å². The third-order valence-electron chi connectivity index (χ3n) is 4.54. The summed E-state index contributed by atoms with van der Waals surface area (Å²) in [5, 5.41) is 24.0. The molecule has 6 heteroatoms. The number of phenolic OH excluding ortho intramolecular Hbond substituents is 1. The van der Waals surface area contributed by atoms with Gasteiger partial charge in [0, 0.05) is 18.1 Å². The molecule has 3 aromatic rings. The number of para-hydroxylation sites is 3. The maximum atomic E-state index is 12.4. The molecule has 0 saturated carbocycles. The van der Waals surface area contributed by atoms with Crippen molar-refractivity contribution in [1.82, 2.24) is 0 Å². The van der Waals surface area contributed by atoms with Gasteiger partial charge in [0.1, 0.15) is 22.8 Å². The minimum Gasteiger partial charge on any atom is -0.508 e. The van der Waals surface area contributed by atoms with E-state index in [4.69, 9.17) is 4.42 Å². The summed E-state index contributed by atoms with van der Waals surface area (Å²) < 4.78 is 5.17. The van der Waals surface area contributed by atoms with Gasteiger partial charge in [0.15, 0.2) is 0 Å². The molecule has 1 aromatic heterocycles. The molecule has 27 heavy (non-hydrogen) atoms. The Hall–Kier alpha value is -3.54. The van der Waals surface area contributed by atoms with Crippen LogP contribution in [0.4, 0.5) is 11.4 Å². The van der Waals surface area contributed by atoms with E-state index in [1.165, 1.54) is 6.07 Å². The molecule has 2 aromatic carbocycles. The molecule has 1 aliphatic heterocycles. The van der Waals surface area contributed by atoms with Crippen LogP contribution in [0.5, 0.6) is 11.5 Å². The second kappa shape index (κ2) is 6.64. The molecule has 1 aliphatic rings. The van der Waals surface area contributed by atoms with Crippen LogP contribution in [0.25, 0.3) is 0 Å². The van der Waals surface area contributed by atoms with Gasteiger partial charge in [-0.05, 0) is 25.1 Å². The number of nitrogens with one attached hydrogen (secondary N) is 1. The highest BCUT2D eigenvalue weighted by Gasteiger charge is 2.26. The molecule has 6 nitrogen and oxygen atoms in total. The van der Waals surface area contributed by atoms with Crippen molar-refractivity contribution >= 4 is 17.1 Å². The first-order valence-corrected chi connectivity index (χ1v) is 8.58. The van der Waals surface area contributed by atoms with E-state index in [0.717, 1.165) is 5.69 Å². The summed E-state index contributed by atoms with van der Waals surface area (Å²) in [7, 11) is 0. The Morgan fingerprint density at radius 1 is 1.07 bits per heavy atom. The number of anilines is 1. The van der Waals surface area contributed by atoms with Crippen LogP contribution in [0.3, 0.4) is 0 Å². The van der Waals surface area contributed by atoms with E-state index >= 15 is 0 Å². The van der Waals surface area contributed by atoms with Crippen LogP contribution in [0.1, 0.15) is 29.3 Å². The third-order valence-corrected chi connectivity index (χ3v) is 4.54. The van der Waals surface area contributed by atoms with Crippen molar-refractivity contribution in [1.29, 1.82) is 0 Å². The van der Waals surface area contributed by atoms with Crippen molar-refractivity contribution < 1.29 is 14.6 Å². The Bertz CT molecular complexity index is 1100. The summed E-state index contributed by atoms with van der Waals surface area (Å²) >= 11 is 0. The molecular formula is C21H18N2O4. The van der Waals surface area contributed by atoms with Crippen molar-refractivity contribution in [2.24, 2.45) is 4.99 Å². The van der Waals surface area contributed by atoms with Gasteiger partial charge in [-0.1, -0.05) is 30.3 Å². The number of aryl methyl sites for hydroxylation is 1. The van der Waals surface area contributed by atoms with Gasteiger partial charge in [-0.15, -0.1) is 0 Å². The highest BCUT2D eigenvalue weighted by atomic mass is 16.4. The molecule has 3 N–H and O–H groups in total. The first kappa shape index (κ1) is 16.9. The maximum absolute atomic E-state index is 12.4. The Morgan fingerprint density at radius 3 is 2.59 bits per heavy atom. The molecule has 0 amide bonds. The number of hydrogen-bond acceptors (Lipinski definition) is 6. The summed E-state index contributed by atoms with van der Waals surface area (Å²) in [5.41, 5.74) is 1.90. The average Bonchev–Trinajstić information content (AvgIpc) is 2.80. The summed E-state index contributed by atoms with van der Waals surface area (Å²) in [6, 6.07) is 15.5. The zero-order chi connectivity index (χ0) is 19.0. The first-order chi connectivity index (χ1) is 13.0. The van der Waals surface area contributed by atoms with Gasteiger partial charge in [-0.25, -0.2) is 4.79 Å². The van der Waals surface area contributed by atoms with Gasteiger partial charge in [0.25, 0.3) is 0 Å². The lowest BCUT2D eigenvalue weighted by Crippen LogP contribution is -2.20. The van der Waals surface area contributed by atoms with Crippen LogP contribution < -0.4 is 10.9 Å². The van der Waals surface area contributed by atoms with E-state index in [-0.39, 0.29) is 29.5 Å². The summed E-state index contributed by atoms with van der Waals surface area (Å²) in [5.74, 6) is 0.304. The Labute approximate surface area is 155 Å². The smallest absolute Gasteiger partial charge is 0.348 e. The lowest BCUT2D eigenvalue weighted by Gasteiger charge is -2.20. The molecule has 4 rings (SSSR count). The Balaban J connectivity index is 1.90. The lowest BCUT2D eigenvalue weighted by atomic mass is 9.97. The number of aliphatic imine (C=N–C) groups is 1. The lowest BCUT2D eigenvalue weighted by molar-refractivity contribution is 0.432. The normalized spacial score (nSPS) is 16.0. The summed E-state index contributed by atoms with van der Waals surface area (Å²) in [6.07, 6.45) is 0.285. The monoisotopic (exact) mass is 362 g/mol. The molecule has 1 atom stereocenters. The summed E-state index contributed by atoms with van der Waals surface area (Å²) in [4.78, 5) is 17.0. The second-order valence-electron chi connectivity index (χ2n) is 6.44. The number of nitrogens with zero attached hydrogens (tertiary/aromatic N) is 1. The van der Waals surface area contributed by atoms with Crippen LogP contribution >= 0.6 is 0 Å². The second-order valence-corrected chi connectivity index (χ2v) is 6.44. The van der Waals surface area contributed by atoms with Gasteiger partial charge in [-0.3, -0.25) is 4.99 Å². The van der Waals surface area contributed by atoms with Gasteiger partial charge in [0.2, 0.25) is 0 Å². The van der Waals surface area contributed by atoms with Gasteiger partial charge in [-0.2, -0.15) is 0 Å². The molecule has 0 spiro atoms. The van der Waals surface area contributed by atoms with Crippen LogP contribution in [-0.2, 0) is 0 Å². The molecule has 2 heterocycles. The fraction of sp³-hybridized carbons (Fsp3) is 0.143. The molecule has 136 valence electrons. The van der Waals surface area contributed by atoms with Gasteiger partial charge < -0.3 is 19.9 Å². The Kier molecular flexibility index (Phi) is 4.16. The largest absolute Gasteiger partial charge is 0.508 e. The zero-order valence-corrected chi connectivity index (χ0v) is 14.6. The number of aromatic hydroxyl groups is 2. The number of phenols is 1. The van der Waals surface area contributed by atoms with Crippen molar-refractivity contribution in [3.05, 3.63) is 81.9 Å². The van der Waals surface area contributed by atoms with Crippen molar-refractivity contribution in [2.45, 2.75) is 19.4 Å². The zero-order valence-electron chi connectivity index (χ0n) is 14.6. The SMILES string of the molecule is Cc1cc(O)c(C2=Nc3ccccc3N[C@H](c3ccccc3O)C2)c(=O)o1. The van der Waals surface area contributed by atoms with Crippen LogP contribution in [0.2, 0.25) is 0 Å². The minimum atomic E-state index is -0.637. The molecular weight excluding hydrogens is 344 g/mol. The molecule has 0 bridgehead atoms. The molecule has 0 aliphatic carbocycles. The quantitative estimate of drug-likeness (QED) is 0.639. The van der Waals surface area contributed by atoms with Gasteiger partial charge >= 0.3 is 5.63 Å². The predicted molar refractivity (Wildman–Crippen MR) is 103 cm³/mol. The number of benzene rings is 2. The maximum Gasteiger partial charge on any atom is 0.348 e. The van der Waals surface area contributed by atoms with Crippen molar-refractivity contribution in [3.8, 4) is 11.5 Å². The van der Waals surface area contributed by atoms with E-state index in [2.05, 4.69) is 10.3 Å². The molecule has 0 unspecified atom stereocenters. The standard InChI is InChI=1S/C21H18N2O4/c1-12-10-19(25)20(21(26)27-12)17-11-16(13-6-2-5-9-18(13)24)22-14-7-3-4-8-15(14)23-17/h2-10,16,22,24-25H,11H2,1H3/t16-/m0/s1. The minimum absolute atomic E-state index is 0.0412. The van der Waals surface area contributed by atoms with Crippen LogP contribution in [0, 0.1) is 6.92 Å². The topological polar surface area (TPSA) is 95.1 Å². The number of fused-ring (bicyclic) bond motifs is 1. The fourth-order valence-electron chi connectivity index (χ4n) is 3.31. The van der Waals surface area contributed by atoms with E-state index in [0.29, 0.717) is 22.7 Å². The average molecular weight is 362 g/mol. The predicted octanol–water partition coefficient (Wildman–Crippen LogP) is 4.04. The highest BCUT2D eigenvalue weighted by Crippen LogP contribution is 2.38. The Morgan fingerprint density at radius 2 is 1.81 bits per heavy atom. The van der Waals surface area contributed by atoms with Gasteiger partial charge in [0.05, 0.1) is 23.1 Å². The third kappa shape index (κ3) is 3.17. The van der Waals surface area contributed by atoms with E-state index in [9.17, 15) is 15.0 Å². The highest BCUT2D eigenvalue weighted by molar-refractivity contribution is 6.05. The fourth-order valence-corrected chi connectivity index (χ4v) is 3.31. The van der Waals surface area contributed by atoms with Crippen molar-refractivity contribution in [2.75, 3.05) is 5.32 Å². The number of rotatable bonds is 2. The number of hydrogen-bond donors (Lipinski definition) is 3.